The van der Waals surface area contributed by atoms with Crippen molar-refractivity contribution in [3.63, 3.8) is 0 Å². The standard InChI is InChI=1S/C16H26N4O/c1-3-6-18-16(21)13-19-8-10-20(11-9-19)14(2)15-5-4-7-17-12-15/h4-5,7,12,14H,3,6,8-11,13H2,1-2H3,(H,18,21). The number of carbonyl (C=O) groups is 1. The number of piperazine rings is 1. The molecule has 0 aliphatic carbocycles. The Hall–Kier alpha value is -1.46. The van der Waals surface area contributed by atoms with Gasteiger partial charge < -0.3 is 5.32 Å². The van der Waals surface area contributed by atoms with Crippen LogP contribution in [0.2, 0.25) is 0 Å². The summed E-state index contributed by atoms with van der Waals surface area (Å²) in [6.07, 6.45) is 4.74. The van der Waals surface area contributed by atoms with Crippen molar-refractivity contribution in [1.29, 1.82) is 0 Å². The molecule has 0 bridgehead atoms. The summed E-state index contributed by atoms with van der Waals surface area (Å²) in [7, 11) is 0. The molecule has 1 fully saturated rings. The largest absolute Gasteiger partial charge is 0.355 e. The van der Waals surface area contributed by atoms with Gasteiger partial charge in [0.2, 0.25) is 5.91 Å². The minimum Gasteiger partial charge on any atom is -0.355 e. The summed E-state index contributed by atoms with van der Waals surface area (Å²) in [6.45, 7) is 9.48. The monoisotopic (exact) mass is 290 g/mol. The van der Waals surface area contributed by atoms with Gasteiger partial charge in [0, 0.05) is 51.2 Å². The highest BCUT2D eigenvalue weighted by Gasteiger charge is 2.23. The van der Waals surface area contributed by atoms with Gasteiger partial charge in [-0.05, 0) is 25.0 Å². The Morgan fingerprint density at radius 2 is 2.14 bits per heavy atom. The molecule has 5 heteroatoms. The van der Waals surface area contributed by atoms with Crippen LogP contribution in [0.25, 0.3) is 0 Å². The molecule has 1 aromatic heterocycles. The van der Waals surface area contributed by atoms with Crippen LogP contribution in [0.5, 0.6) is 0 Å². The molecule has 1 saturated heterocycles. The fourth-order valence-corrected chi connectivity index (χ4v) is 2.67. The average Bonchev–Trinajstić information content (AvgIpc) is 2.54. The van der Waals surface area contributed by atoms with Crippen LogP contribution < -0.4 is 5.32 Å². The first kappa shape index (κ1) is 15.9. The van der Waals surface area contributed by atoms with Gasteiger partial charge in [-0.3, -0.25) is 19.6 Å². The lowest BCUT2D eigenvalue weighted by Gasteiger charge is -2.37. The molecular formula is C16H26N4O. The van der Waals surface area contributed by atoms with Gasteiger partial charge in [-0.2, -0.15) is 0 Å². The summed E-state index contributed by atoms with van der Waals surface area (Å²) in [5.41, 5.74) is 1.26. The highest BCUT2D eigenvalue weighted by Crippen LogP contribution is 2.20. The molecule has 116 valence electrons. The molecule has 1 N–H and O–H groups in total. The first-order chi connectivity index (χ1) is 10.2. The maximum atomic E-state index is 11.7. The second-order valence-corrected chi connectivity index (χ2v) is 5.62. The van der Waals surface area contributed by atoms with Gasteiger partial charge in [0.15, 0.2) is 0 Å². The third-order valence-corrected chi connectivity index (χ3v) is 4.06. The lowest BCUT2D eigenvalue weighted by molar-refractivity contribution is -0.122. The smallest absolute Gasteiger partial charge is 0.234 e. The zero-order valence-electron chi connectivity index (χ0n) is 13.1. The van der Waals surface area contributed by atoms with Crippen LogP contribution in [-0.4, -0.2) is 60.0 Å². The second kappa shape index (κ2) is 8.10. The molecule has 1 amide bonds. The summed E-state index contributed by atoms with van der Waals surface area (Å²) in [5, 5.41) is 2.94. The van der Waals surface area contributed by atoms with Crippen molar-refractivity contribution in [1.82, 2.24) is 20.1 Å². The van der Waals surface area contributed by atoms with Crippen molar-refractivity contribution in [3.05, 3.63) is 30.1 Å². The molecule has 1 unspecified atom stereocenters. The van der Waals surface area contributed by atoms with Gasteiger partial charge in [-0.1, -0.05) is 13.0 Å². The molecule has 5 nitrogen and oxygen atoms in total. The van der Waals surface area contributed by atoms with Gasteiger partial charge in [0.25, 0.3) is 0 Å². The fraction of sp³-hybridized carbons (Fsp3) is 0.625. The maximum absolute atomic E-state index is 11.7. The molecule has 2 heterocycles. The summed E-state index contributed by atoms with van der Waals surface area (Å²) < 4.78 is 0. The van der Waals surface area contributed by atoms with Crippen LogP contribution in [0.1, 0.15) is 31.9 Å². The Morgan fingerprint density at radius 1 is 1.38 bits per heavy atom. The topological polar surface area (TPSA) is 48.5 Å². The number of hydrogen-bond donors (Lipinski definition) is 1. The first-order valence-corrected chi connectivity index (χ1v) is 7.83. The van der Waals surface area contributed by atoms with E-state index in [1.165, 1.54) is 5.56 Å². The van der Waals surface area contributed by atoms with Crippen molar-refractivity contribution >= 4 is 5.91 Å². The Kier molecular flexibility index (Phi) is 6.14. The molecule has 1 aliphatic rings. The van der Waals surface area contributed by atoms with Crippen molar-refractivity contribution in [2.24, 2.45) is 0 Å². The van der Waals surface area contributed by atoms with Crippen molar-refractivity contribution in [3.8, 4) is 0 Å². The predicted molar refractivity (Wildman–Crippen MR) is 84.0 cm³/mol. The first-order valence-electron chi connectivity index (χ1n) is 7.83. The van der Waals surface area contributed by atoms with Crippen molar-refractivity contribution < 1.29 is 4.79 Å². The van der Waals surface area contributed by atoms with E-state index in [4.69, 9.17) is 0 Å². The molecule has 0 saturated carbocycles. The Balaban J connectivity index is 1.76. The van der Waals surface area contributed by atoms with Crippen LogP contribution in [0.4, 0.5) is 0 Å². The third-order valence-electron chi connectivity index (χ3n) is 4.06. The number of rotatable bonds is 6. The van der Waals surface area contributed by atoms with E-state index < -0.39 is 0 Å². The van der Waals surface area contributed by atoms with Crippen molar-refractivity contribution in [2.75, 3.05) is 39.3 Å². The zero-order chi connectivity index (χ0) is 15.1. The van der Waals surface area contributed by atoms with E-state index >= 15 is 0 Å². The van der Waals surface area contributed by atoms with E-state index in [2.05, 4.69) is 40.0 Å². The van der Waals surface area contributed by atoms with Gasteiger partial charge >= 0.3 is 0 Å². The minimum absolute atomic E-state index is 0.144. The van der Waals surface area contributed by atoms with E-state index in [1.54, 1.807) is 0 Å². The molecule has 21 heavy (non-hydrogen) atoms. The van der Waals surface area contributed by atoms with E-state index in [9.17, 15) is 4.79 Å². The quantitative estimate of drug-likeness (QED) is 0.857. The average molecular weight is 290 g/mol. The van der Waals surface area contributed by atoms with Gasteiger partial charge in [0.1, 0.15) is 0 Å². The number of nitrogens with one attached hydrogen (secondary N) is 1. The lowest BCUT2D eigenvalue weighted by atomic mass is 10.1. The molecule has 1 aromatic rings. The van der Waals surface area contributed by atoms with Gasteiger partial charge in [-0.25, -0.2) is 0 Å². The van der Waals surface area contributed by atoms with Gasteiger partial charge in [-0.15, -0.1) is 0 Å². The van der Waals surface area contributed by atoms with Crippen molar-refractivity contribution in [2.45, 2.75) is 26.3 Å². The number of carbonyl (C=O) groups excluding carboxylic acids is 1. The molecule has 2 rings (SSSR count). The number of aromatic nitrogens is 1. The summed E-state index contributed by atoms with van der Waals surface area (Å²) >= 11 is 0. The maximum Gasteiger partial charge on any atom is 0.234 e. The lowest BCUT2D eigenvalue weighted by Crippen LogP contribution is -2.50. The number of pyridine rings is 1. The molecule has 1 aliphatic heterocycles. The molecule has 0 radical (unpaired) electrons. The summed E-state index contributed by atoms with van der Waals surface area (Å²) in [6, 6.07) is 4.50. The summed E-state index contributed by atoms with van der Waals surface area (Å²) in [4.78, 5) is 20.6. The molecule has 0 aromatic carbocycles. The zero-order valence-corrected chi connectivity index (χ0v) is 13.1. The van der Waals surface area contributed by atoms with Crippen LogP contribution in [0.3, 0.4) is 0 Å². The fourth-order valence-electron chi connectivity index (χ4n) is 2.67. The normalized spacial score (nSPS) is 18.4. The van der Waals surface area contributed by atoms with E-state index in [1.807, 2.05) is 18.5 Å². The highest BCUT2D eigenvalue weighted by molar-refractivity contribution is 5.77. The Bertz CT molecular complexity index is 429. The van der Waals surface area contributed by atoms with E-state index in [0.29, 0.717) is 12.6 Å². The van der Waals surface area contributed by atoms with Crippen LogP contribution in [0, 0.1) is 0 Å². The summed E-state index contributed by atoms with van der Waals surface area (Å²) in [5.74, 6) is 0.144. The Morgan fingerprint density at radius 3 is 2.76 bits per heavy atom. The molecule has 0 spiro atoms. The third kappa shape index (κ3) is 4.79. The second-order valence-electron chi connectivity index (χ2n) is 5.62. The molecule has 1 atom stereocenters. The SMILES string of the molecule is CCCNC(=O)CN1CCN(C(C)c2cccnc2)CC1. The van der Waals surface area contributed by atoms with E-state index in [-0.39, 0.29) is 5.91 Å². The number of nitrogens with zero attached hydrogens (tertiary/aromatic N) is 3. The van der Waals surface area contributed by atoms with Crippen LogP contribution in [-0.2, 0) is 4.79 Å². The Labute approximate surface area is 127 Å². The van der Waals surface area contributed by atoms with Crippen LogP contribution in [0.15, 0.2) is 24.5 Å². The highest BCUT2D eigenvalue weighted by atomic mass is 16.2. The number of hydrogen-bond acceptors (Lipinski definition) is 4. The van der Waals surface area contributed by atoms with Gasteiger partial charge in [0.05, 0.1) is 6.54 Å². The minimum atomic E-state index is 0.144. The predicted octanol–water partition coefficient (Wildman–Crippen LogP) is 1.29. The number of amides is 1. The van der Waals surface area contributed by atoms with Crippen LogP contribution >= 0.6 is 0 Å². The van der Waals surface area contributed by atoms with E-state index in [0.717, 1.165) is 39.1 Å². The molecular weight excluding hydrogens is 264 g/mol.